The molecule has 0 aromatic carbocycles. The maximum absolute atomic E-state index is 12.3. The minimum absolute atomic E-state index is 0.159. The number of carbonyl (C=O) groups is 1. The van der Waals surface area contributed by atoms with Crippen molar-refractivity contribution in [1.82, 2.24) is 20.4 Å². The summed E-state index contributed by atoms with van der Waals surface area (Å²) in [5.74, 6) is 0.645. The van der Waals surface area contributed by atoms with Gasteiger partial charge in [-0.2, -0.15) is 0 Å². The number of nitrogens with one attached hydrogen (secondary N) is 1. The van der Waals surface area contributed by atoms with Crippen LogP contribution in [0, 0.1) is 5.92 Å². The molecule has 1 fully saturated rings. The Balaban J connectivity index is 1.45. The van der Waals surface area contributed by atoms with Crippen LogP contribution in [-0.4, -0.2) is 40.1 Å². The monoisotopic (exact) mass is 342 g/mol. The van der Waals surface area contributed by atoms with E-state index in [1.54, 1.807) is 12.3 Å². The highest BCUT2D eigenvalue weighted by Gasteiger charge is 2.23. The zero-order valence-corrected chi connectivity index (χ0v) is 14.9. The zero-order valence-electron chi connectivity index (χ0n) is 14.9. The summed E-state index contributed by atoms with van der Waals surface area (Å²) in [6, 6.07) is 6.01. The van der Waals surface area contributed by atoms with Crippen LogP contribution in [0.1, 0.15) is 48.5 Å². The first-order chi connectivity index (χ1) is 12.1. The Labute approximate surface area is 148 Å². The fraction of sp³-hybridized carbons (Fsp3) is 0.526. The van der Waals surface area contributed by atoms with Gasteiger partial charge in [0.2, 0.25) is 5.76 Å². The molecule has 0 atom stereocenters. The molecule has 1 N–H and O–H groups in total. The Morgan fingerprint density at radius 3 is 2.88 bits per heavy atom. The lowest BCUT2D eigenvalue weighted by molar-refractivity contribution is 0.0872. The number of nitrogens with zero attached hydrogens (tertiary/aromatic N) is 3. The van der Waals surface area contributed by atoms with Crippen molar-refractivity contribution in [3.05, 3.63) is 47.6 Å². The Hall–Kier alpha value is -2.21. The Morgan fingerprint density at radius 2 is 2.20 bits per heavy atom. The number of aromatic nitrogens is 2. The molecule has 1 saturated heterocycles. The minimum atomic E-state index is -0.159. The van der Waals surface area contributed by atoms with Gasteiger partial charge in [-0.05, 0) is 36.8 Å². The van der Waals surface area contributed by atoms with E-state index >= 15 is 0 Å². The lowest BCUT2D eigenvalue weighted by Crippen LogP contribution is -2.44. The van der Waals surface area contributed by atoms with Gasteiger partial charge < -0.3 is 9.84 Å². The molecule has 1 aliphatic rings. The lowest BCUT2D eigenvalue weighted by Gasteiger charge is -2.32. The first-order valence-electron chi connectivity index (χ1n) is 8.98. The number of likely N-dealkylation sites (tertiary alicyclic amines) is 1. The molecule has 1 amide bonds. The molecule has 134 valence electrons. The number of carbonyl (C=O) groups excluding carboxylic acids is 1. The Morgan fingerprint density at radius 1 is 1.40 bits per heavy atom. The predicted molar refractivity (Wildman–Crippen MR) is 95.0 cm³/mol. The normalized spacial score (nSPS) is 16.3. The maximum atomic E-state index is 12.3. The van der Waals surface area contributed by atoms with Crippen molar-refractivity contribution in [2.45, 2.75) is 45.7 Å². The number of rotatable bonds is 6. The third kappa shape index (κ3) is 5.13. The summed E-state index contributed by atoms with van der Waals surface area (Å²) in [6.45, 7) is 7.08. The third-order valence-electron chi connectivity index (χ3n) is 4.45. The summed E-state index contributed by atoms with van der Waals surface area (Å²) in [7, 11) is 0. The predicted octanol–water partition coefficient (Wildman–Crippen LogP) is 2.66. The second-order valence-corrected chi connectivity index (χ2v) is 7.17. The maximum Gasteiger partial charge on any atom is 0.290 e. The summed E-state index contributed by atoms with van der Waals surface area (Å²) in [5.41, 5.74) is 2.07. The van der Waals surface area contributed by atoms with Crippen molar-refractivity contribution >= 4 is 5.91 Å². The minimum Gasteiger partial charge on any atom is -0.351 e. The lowest BCUT2D eigenvalue weighted by atomic mass is 10.0. The Kier molecular flexibility index (Phi) is 5.81. The molecule has 0 aliphatic carbocycles. The van der Waals surface area contributed by atoms with Crippen molar-refractivity contribution in [3.63, 3.8) is 0 Å². The second-order valence-electron chi connectivity index (χ2n) is 7.17. The van der Waals surface area contributed by atoms with Crippen LogP contribution in [-0.2, 0) is 13.0 Å². The van der Waals surface area contributed by atoms with Crippen LogP contribution in [0.3, 0.4) is 0 Å². The van der Waals surface area contributed by atoms with E-state index in [1.807, 2.05) is 12.3 Å². The molecule has 2 aromatic rings. The van der Waals surface area contributed by atoms with Gasteiger partial charge in [-0.3, -0.25) is 14.7 Å². The standard InChI is InChI=1S/C19H26N4O2/c1-14(2)10-17-11-18(25-22-17)19(24)21-16-5-8-23(9-6-16)13-15-4-3-7-20-12-15/h3-4,7,11-12,14,16H,5-6,8-10,13H2,1-2H3,(H,21,24). The van der Waals surface area contributed by atoms with Crippen LogP contribution in [0.25, 0.3) is 0 Å². The van der Waals surface area contributed by atoms with E-state index in [-0.39, 0.29) is 11.9 Å². The van der Waals surface area contributed by atoms with Gasteiger partial charge in [0.25, 0.3) is 5.91 Å². The van der Waals surface area contributed by atoms with Gasteiger partial charge in [0.15, 0.2) is 0 Å². The SMILES string of the molecule is CC(C)Cc1cc(C(=O)NC2CCN(Cc3cccnc3)CC2)on1. The molecule has 6 heteroatoms. The summed E-state index contributed by atoms with van der Waals surface area (Å²) < 4.78 is 5.19. The smallest absolute Gasteiger partial charge is 0.290 e. The molecule has 0 bridgehead atoms. The molecule has 0 unspecified atom stereocenters. The van der Waals surface area contributed by atoms with Gasteiger partial charge >= 0.3 is 0 Å². The highest BCUT2D eigenvalue weighted by atomic mass is 16.5. The van der Waals surface area contributed by atoms with Crippen LogP contribution in [0.2, 0.25) is 0 Å². The first kappa shape index (κ1) is 17.6. The van der Waals surface area contributed by atoms with Gasteiger partial charge in [-0.15, -0.1) is 0 Å². The van der Waals surface area contributed by atoms with E-state index in [0.29, 0.717) is 11.7 Å². The molecular weight excluding hydrogens is 316 g/mol. The van der Waals surface area contributed by atoms with E-state index in [4.69, 9.17) is 4.52 Å². The Bertz CT molecular complexity index is 676. The summed E-state index contributed by atoms with van der Waals surface area (Å²) in [6.07, 6.45) is 6.41. The largest absolute Gasteiger partial charge is 0.351 e. The summed E-state index contributed by atoms with van der Waals surface area (Å²) in [5, 5.41) is 7.05. The molecule has 6 nitrogen and oxygen atoms in total. The number of pyridine rings is 1. The van der Waals surface area contributed by atoms with Crippen LogP contribution in [0.5, 0.6) is 0 Å². The van der Waals surface area contributed by atoms with Crippen molar-refractivity contribution in [3.8, 4) is 0 Å². The number of amides is 1. The topological polar surface area (TPSA) is 71.3 Å². The highest BCUT2D eigenvalue weighted by molar-refractivity contribution is 5.91. The van der Waals surface area contributed by atoms with Crippen LogP contribution >= 0.6 is 0 Å². The van der Waals surface area contributed by atoms with Gasteiger partial charge in [-0.1, -0.05) is 25.1 Å². The van der Waals surface area contributed by atoms with E-state index < -0.39 is 0 Å². The quantitative estimate of drug-likeness (QED) is 0.874. The molecule has 1 aliphatic heterocycles. The molecule has 0 saturated carbocycles. The summed E-state index contributed by atoms with van der Waals surface area (Å²) >= 11 is 0. The molecule has 3 rings (SSSR count). The van der Waals surface area contributed by atoms with Crippen molar-refractivity contribution in [1.29, 1.82) is 0 Å². The van der Waals surface area contributed by atoms with Crippen molar-refractivity contribution in [2.75, 3.05) is 13.1 Å². The van der Waals surface area contributed by atoms with Crippen LogP contribution in [0.15, 0.2) is 35.1 Å². The van der Waals surface area contributed by atoms with Crippen LogP contribution in [0.4, 0.5) is 0 Å². The number of hydrogen-bond donors (Lipinski definition) is 1. The molecule has 25 heavy (non-hydrogen) atoms. The fourth-order valence-electron chi connectivity index (χ4n) is 3.18. The number of hydrogen-bond acceptors (Lipinski definition) is 5. The fourth-order valence-corrected chi connectivity index (χ4v) is 3.18. The molecule has 0 radical (unpaired) electrons. The van der Waals surface area contributed by atoms with Crippen molar-refractivity contribution in [2.24, 2.45) is 5.92 Å². The molecule has 2 aromatic heterocycles. The van der Waals surface area contributed by atoms with Crippen LogP contribution < -0.4 is 5.32 Å². The average molecular weight is 342 g/mol. The van der Waals surface area contributed by atoms with E-state index in [9.17, 15) is 4.79 Å². The van der Waals surface area contributed by atoms with E-state index in [0.717, 1.165) is 44.6 Å². The zero-order chi connectivity index (χ0) is 17.6. The first-order valence-corrected chi connectivity index (χ1v) is 8.98. The molecule has 0 spiro atoms. The second kappa shape index (κ2) is 8.25. The molecular formula is C19H26N4O2. The van der Waals surface area contributed by atoms with E-state index in [2.05, 4.69) is 40.3 Å². The summed E-state index contributed by atoms with van der Waals surface area (Å²) in [4.78, 5) is 18.9. The van der Waals surface area contributed by atoms with Gasteiger partial charge in [0.05, 0.1) is 5.69 Å². The number of piperidine rings is 1. The average Bonchev–Trinajstić information content (AvgIpc) is 3.05. The third-order valence-corrected chi connectivity index (χ3v) is 4.45. The van der Waals surface area contributed by atoms with Gasteiger partial charge in [-0.25, -0.2) is 0 Å². The molecule has 3 heterocycles. The van der Waals surface area contributed by atoms with E-state index in [1.165, 1.54) is 5.56 Å². The van der Waals surface area contributed by atoms with Gasteiger partial charge in [0.1, 0.15) is 0 Å². The van der Waals surface area contributed by atoms with Gasteiger partial charge in [0, 0.05) is 44.1 Å². The van der Waals surface area contributed by atoms with Crippen molar-refractivity contribution < 1.29 is 9.32 Å². The highest BCUT2D eigenvalue weighted by Crippen LogP contribution is 2.15.